The van der Waals surface area contributed by atoms with Gasteiger partial charge in [0.15, 0.2) is 5.82 Å². The predicted octanol–water partition coefficient (Wildman–Crippen LogP) is 3.20. The number of hydrogen-bond acceptors (Lipinski definition) is 4. The first-order chi connectivity index (χ1) is 10.0. The van der Waals surface area contributed by atoms with Gasteiger partial charge in [-0.15, -0.1) is 0 Å². The van der Waals surface area contributed by atoms with Crippen LogP contribution in [0.5, 0.6) is 0 Å². The van der Waals surface area contributed by atoms with E-state index in [0.29, 0.717) is 22.9 Å². The minimum absolute atomic E-state index is 0.165. The van der Waals surface area contributed by atoms with Crippen LogP contribution in [-0.2, 0) is 6.42 Å². The number of aromatic nitrogens is 3. The Hall–Kier alpha value is -2.30. The Bertz CT molecular complexity index is 628. The Labute approximate surface area is 124 Å². The lowest BCUT2D eigenvalue weighted by Gasteiger charge is -2.07. The maximum atomic E-state index is 11.1. The molecule has 21 heavy (non-hydrogen) atoms. The highest BCUT2D eigenvalue weighted by Crippen LogP contribution is 2.18. The van der Waals surface area contributed by atoms with E-state index in [9.17, 15) is 4.79 Å². The summed E-state index contributed by atoms with van der Waals surface area (Å²) in [5.74, 6) is -0.531. The number of aromatic carboxylic acids is 1. The third kappa shape index (κ3) is 3.42. The molecular weight excluding hydrogens is 266 g/mol. The molecule has 0 atom stereocenters. The second kappa shape index (κ2) is 6.43. The highest BCUT2D eigenvalue weighted by atomic mass is 16.4. The number of rotatable bonds is 5. The molecule has 110 valence electrons. The van der Waals surface area contributed by atoms with Gasteiger partial charge in [0.25, 0.3) is 0 Å². The number of nitrogens with zero attached hydrogens (tertiary/aromatic N) is 3. The van der Waals surface area contributed by atoms with Crippen molar-refractivity contribution >= 4 is 5.97 Å². The molecule has 2 heterocycles. The number of carboxylic acid groups (broad SMARTS) is 1. The second-order valence-electron chi connectivity index (χ2n) is 5.05. The zero-order valence-corrected chi connectivity index (χ0v) is 12.6. The van der Waals surface area contributed by atoms with Crippen molar-refractivity contribution in [3.63, 3.8) is 0 Å². The van der Waals surface area contributed by atoms with Gasteiger partial charge < -0.3 is 5.11 Å². The lowest BCUT2D eigenvalue weighted by molar-refractivity contribution is 0.0694. The van der Waals surface area contributed by atoms with Gasteiger partial charge in [-0.3, -0.25) is 4.98 Å². The topological polar surface area (TPSA) is 76.0 Å². The number of hydrogen-bond donors (Lipinski definition) is 1. The van der Waals surface area contributed by atoms with Crippen LogP contribution in [0.3, 0.4) is 0 Å². The fraction of sp³-hybridized carbons (Fsp3) is 0.375. The van der Waals surface area contributed by atoms with Gasteiger partial charge >= 0.3 is 5.97 Å². The highest BCUT2D eigenvalue weighted by Gasteiger charge is 2.15. The molecule has 2 aromatic heterocycles. The van der Waals surface area contributed by atoms with E-state index in [1.54, 1.807) is 13.8 Å². The molecule has 0 aliphatic heterocycles. The SMILES string of the molecule is CCCCc1ccc(-c2nc(C)c(C(=O)O)c(C)n2)nc1. The van der Waals surface area contributed by atoms with Crippen molar-refractivity contribution in [3.05, 3.63) is 40.8 Å². The fourth-order valence-corrected chi connectivity index (χ4v) is 2.23. The third-order valence-corrected chi connectivity index (χ3v) is 3.36. The van der Waals surface area contributed by atoms with E-state index in [4.69, 9.17) is 5.11 Å². The van der Waals surface area contributed by atoms with Crippen molar-refractivity contribution < 1.29 is 9.90 Å². The molecule has 0 aromatic carbocycles. The molecule has 5 nitrogen and oxygen atoms in total. The van der Waals surface area contributed by atoms with Crippen LogP contribution < -0.4 is 0 Å². The minimum atomic E-state index is -1.00. The van der Waals surface area contributed by atoms with E-state index < -0.39 is 5.97 Å². The summed E-state index contributed by atoms with van der Waals surface area (Å²) in [6.07, 6.45) is 5.15. The Morgan fingerprint density at radius 1 is 1.19 bits per heavy atom. The summed E-state index contributed by atoms with van der Waals surface area (Å²) in [5.41, 5.74) is 2.94. The van der Waals surface area contributed by atoms with Gasteiger partial charge in [0.05, 0.1) is 11.4 Å². The van der Waals surface area contributed by atoms with E-state index in [2.05, 4.69) is 21.9 Å². The van der Waals surface area contributed by atoms with Gasteiger partial charge in [-0.05, 0) is 38.3 Å². The summed E-state index contributed by atoms with van der Waals surface area (Å²) >= 11 is 0. The van der Waals surface area contributed by atoms with Gasteiger partial charge in [-0.2, -0.15) is 0 Å². The molecular formula is C16H19N3O2. The quantitative estimate of drug-likeness (QED) is 0.913. The van der Waals surface area contributed by atoms with Crippen molar-refractivity contribution in [2.24, 2.45) is 0 Å². The molecule has 2 aromatic rings. The monoisotopic (exact) mass is 285 g/mol. The Balaban J connectivity index is 2.32. The number of carboxylic acids is 1. The zero-order chi connectivity index (χ0) is 15.4. The smallest absolute Gasteiger partial charge is 0.339 e. The Morgan fingerprint density at radius 2 is 1.86 bits per heavy atom. The molecule has 0 saturated heterocycles. The first-order valence-corrected chi connectivity index (χ1v) is 7.06. The van der Waals surface area contributed by atoms with Gasteiger partial charge in [0, 0.05) is 6.20 Å². The van der Waals surface area contributed by atoms with Crippen LogP contribution >= 0.6 is 0 Å². The largest absolute Gasteiger partial charge is 0.478 e. The summed E-state index contributed by atoms with van der Waals surface area (Å²) in [6.45, 7) is 5.51. The molecule has 0 aliphatic rings. The first kappa shape index (κ1) is 15.1. The first-order valence-electron chi connectivity index (χ1n) is 7.06. The molecule has 5 heteroatoms. The molecule has 1 N–H and O–H groups in total. The van der Waals surface area contributed by atoms with Crippen LogP contribution in [-0.4, -0.2) is 26.0 Å². The maximum absolute atomic E-state index is 11.1. The molecule has 0 radical (unpaired) electrons. The standard InChI is InChI=1S/C16H19N3O2/c1-4-5-6-12-7-8-13(17-9-12)15-18-10(2)14(16(20)21)11(3)19-15/h7-9H,4-6H2,1-3H3,(H,20,21). The average Bonchev–Trinajstić information content (AvgIpc) is 2.44. The normalized spacial score (nSPS) is 10.6. The number of pyridine rings is 1. The summed E-state index contributed by atoms with van der Waals surface area (Å²) < 4.78 is 0. The van der Waals surface area contributed by atoms with Crippen LogP contribution in [0.1, 0.15) is 47.1 Å². The van der Waals surface area contributed by atoms with E-state index in [1.807, 2.05) is 18.3 Å². The van der Waals surface area contributed by atoms with Crippen molar-refractivity contribution in [1.82, 2.24) is 15.0 Å². The van der Waals surface area contributed by atoms with Crippen LogP contribution in [0.15, 0.2) is 18.3 Å². The highest BCUT2D eigenvalue weighted by molar-refractivity contribution is 5.90. The van der Waals surface area contributed by atoms with Crippen molar-refractivity contribution in [2.45, 2.75) is 40.0 Å². The minimum Gasteiger partial charge on any atom is -0.478 e. The average molecular weight is 285 g/mol. The molecule has 0 aliphatic carbocycles. The molecule has 0 saturated carbocycles. The fourth-order valence-electron chi connectivity index (χ4n) is 2.23. The lowest BCUT2D eigenvalue weighted by Crippen LogP contribution is -2.08. The molecule has 0 bridgehead atoms. The van der Waals surface area contributed by atoms with Crippen molar-refractivity contribution in [3.8, 4) is 11.5 Å². The van der Waals surface area contributed by atoms with Gasteiger partial charge in [-0.1, -0.05) is 19.4 Å². The molecule has 0 unspecified atom stereocenters. The van der Waals surface area contributed by atoms with E-state index >= 15 is 0 Å². The molecule has 0 amide bonds. The number of carbonyl (C=O) groups is 1. The Kier molecular flexibility index (Phi) is 4.62. The van der Waals surface area contributed by atoms with Crippen LogP contribution in [0, 0.1) is 13.8 Å². The van der Waals surface area contributed by atoms with E-state index in [-0.39, 0.29) is 5.56 Å². The molecule has 0 spiro atoms. The lowest BCUT2D eigenvalue weighted by atomic mass is 10.1. The summed E-state index contributed by atoms with van der Waals surface area (Å²) in [6, 6.07) is 3.91. The van der Waals surface area contributed by atoms with Gasteiger partial charge in [-0.25, -0.2) is 14.8 Å². The van der Waals surface area contributed by atoms with Gasteiger partial charge in [0.1, 0.15) is 11.3 Å². The van der Waals surface area contributed by atoms with Gasteiger partial charge in [0.2, 0.25) is 0 Å². The van der Waals surface area contributed by atoms with Crippen molar-refractivity contribution in [1.29, 1.82) is 0 Å². The third-order valence-electron chi connectivity index (χ3n) is 3.36. The van der Waals surface area contributed by atoms with Crippen molar-refractivity contribution in [2.75, 3.05) is 0 Å². The molecule has 0 fully saturated rings. The Morgan fingerprint density at radius 3 is 2.33 bits per heavy atom. The van der Waals surface area contributed by atoms with E-state index in [0.717, 1.165) is 19.3 Å². The summed E-state index contributed by atoms with van der Waals surface area (Å²) in [7, 11) is 0. The predicted molar refractivity (Wildman–Crippen MR) is 80.3 cm³/mol. The van der Waals surface area contributed by atoms with Crippen LogP contribution in [0.25, 0.3) is 11.5 Å². The van der Waals surface area contributed by atoms with E-state index in [1.165, 1.54) is 5.56 Å². The van der Waals surface area contributed by atoms with Crippen LogP contribution in [0.2, 0.25) is 0 Å². The number of aryl methyl sites for hydroxylation is 3. The number of unbranched alkanes of at least 4 members (excludes halogenated alkanes) is 1. The summed E-state index contributed by atoms with van der Waals surface area (Å²) in [4.78, 5) is 24.1. The summed E-state index contributed by atoms with van der Waals surface area (Å²) in [5, 5.41) is 9.13. The zero-order valence-electron chi connectivity index (χ0n) is 12.6. The second-order valence-corrected chi connectivity index (χ2v) is 5.05. The molecule has 2 rings (SSSR count). The van der Waals surface area contributed by atoms with Crippen LogP contribution in [0.4, 0.5) is 0 Å². The maximum Gasteiger partial charge on any atom is 0.339 e.